The van der Waals surface area contributed by atoms with Crippen LogP contribution in [0.25, 0.3) is 10.9 Å². The number of thioether (sulfide) groups is 1. The van der Waals surface area contributed by atoms with Gasteiger partial charge < -0.3 is 14.7 Å². The van der Waals surface area contributed by atoms with E-state index in [-0.39, 0.29) is 12.0 Å². The Kier molecular flexibility index (Phi) is 9.51. The van der Waals surface area contributed by atoms with Crippen molar-refractivity contribution in [3.05, 3.63) is 64.8 Å². The van der Waals surface area contributed by atoms with Crippen LogP contribution in [-0.4, -0.2) is 54.1 Å². The van der Waals surface area contributed by atoms with Crippen LogP contribution in [0.3, 0.4) is 0 Å². The summed E-state index contributed by atoms with van der Waals surface area (Å²) in [7, 11) is 1.59. The van der Waals surface area contributed by atoms with Gasteiger partial charge in [-0.25, -0.2) is 4.39 Å². The number of pyridine rings is 1. The van der Waals surface area contributed by atoms with Crippen LogP contribution in [0.15, 0.2) is 53.6 Å². The summed E-state index contributed by atoms with van der Waals surface area (Å²) in [4.78, 5) is 8.14. The predicted octanol–water partition coefficient (Wildman–Crippen LogP) is 7.25. The molecule has 1 fully saturated rings. The smallest absolute Gasteiger partial charge is 0.127 e. The number of halogens is 2. The molecule has 0 saturated carbocycles. The Morgan fingerprint density at radius 2 is 1.94 bits per heavy atom. The molecule has 1 aromatic heterocycles. The molecule has 3 aromatic rings. The lowest BCUT2D eigenvalue weighted by atomic mass is 9.74. The monoisotopic (exact) mass is 530 g/mol. The van der Waals surface area contributed by atoms with Crippen molar-refractivity contribution < 1.29 is 14.2 Å². The van der Waals surface area contributed by atoms with Gasteiger partial charge in [0.15, 0.2) is 0 Å². The molecule has 2 aromatic carbocycles. The Morgan fingerprint density at radius 3 is 2.64 bits per heavy atom. The van der Waals surface area contributed by atoms with Crippen molar-refractivity contribution in [2.24, 2.45) is 5.41 Å². The van der Waals surface area contributed by atoms with Crippen LogP contribution >= 0.6 is 23.4 Å². The van der Waals surface area contributed by atoms with Crippen LogP contribution in [0.4, 0.5) is 4.39 Å². The number of hydrogen-bond donors (Lipinski definition) is 1. The Hall–Kier alpha value is -1.86. The molecule has 0 amide bonds. The van der Waals surface area contributed by atoms with E-state index in [0.29, 0.717) is 40.1 Å². The van der Waals surface area contributed by atoms with Gasteiger partial charge in [-0.3, -0.25) is 4.98 Å². The Balaban J connectivity index is 1.29. The summed E-state index contributed by atoms with van der Waals surface area (Å²) < 4.78 is 20.9. The number of alkyl halides is 1. The second-order valence-electron chi connectivity index (χ2n) is 9.92. The zero-order valence-corrected chi connectivity index (χ0v) is 22.8. The van der Waals surface area contributed by atoms with Gasteiger partial charge in [0.1, 0.15) is 11.9 Å². The maximum Gasteiger partial charge on any atom is 0.127 e. The molecule has 1 N–H and O–H groups in total. The summed E-state index contributed by atoms with van der Waals surface area (Å²) in [5.41, 5.74) is 2.22. The third-order valence-electron chi connectivity index (χ3n) is 7.47. The van der Waals surface area contributed by atoms with Gasteiger partial charge in [0.25, 0.3) is 0 Å². The first kappa shape index (κ1) is 27.2. The van der Waals surface area contributed by atoms with Crippen LogP contribution in [0.5, 0.6) is 5.75 Å². The molecule has 2 heterocycles. The highest BCUT2D eigenvalue weighted by atomic mass is 35.5. The van der Waals surface area contributed by atoms with Crippen molar-refractivity contribution in [1.82, 2.24) is 9.88 Å². The minimum Gasteiger partial charge on any atom is -0.497 e. The molecule has 0 radical (unpaired) electrons. The van der Waals surface area contributed by atoms with Gasteiger partial charge in [-0.2, -0.15) is 0 Å². The van der Waals surface area contributed by atoms with E-state index in [2.05, 4.69) is 41.1 Å². The highest BCUT2D eigenvalue weighted by molar-refractivity contribution is 7.99. The van der Waals surface area contributed by atoms with Crippen LogP contribution in [0.1, 0.15) is 49.4 Å². The molecule has 0 spiro atoms. The molecule has 7 heteroatoms. The summed E-state index contributed by atoms with van der Waals surface area (Å²) in [6, 6.07) is 14.1. The van der Waals surface area contributed by atoms with Crippen LogP contribution in [0.2, 0.25) is 5.02 Å². The molecule has 1 aliphatic heterocycles. The highest BCUT2D eigenvalue weighted by Crippen LogP contribution is 2.42. The zero-order chi connectivity index (χ0) is 25.5. The number of nitrogens with zero attached hydrogens (tertiary/aromatic N) is 2. The zero-order valence-electron chi connectivity index (χ0n) is 21.2. The molecule has 0 bridgehead atoms. The fraction of sp³-hybridized carbons (Fsp3) is 0.483. The summed E-state index contributed by atoms with van der Waals surface area (Å²) in [6.07, 6.45) is 4.16. The minimum absolute atomic E-state index is 0.0927. The van der Waals surface area contributed by atoms with Crippen LogP contribution in [0, 0.1) is 12.3 Å². The topological polar surface area (TPSA) is 45.6 Å². The van der Waals surface area contributed by atoms with Crippen molar-refractivity contribution in [1.29, 1.82) is 0 Å². The molecule has 1 atom stereocenters. The van der Waals surface area contributed by atoms with Gasteiger partial charge >= 0.3 is 0 Å². The average Bonchev–Trinajstić information content (AvgIpc) is 2.91. The van der Waals surface area contributed by atoms with Crippen molar-refractivity contribution in [2.75, 3.05) is 39.1 Å². The Morgan fingerprint density at radius 1 is 1.19 bits per heavy atom. The molecule has 194 valence electrons. The van der Waals surface area contributed by atoms with E-state index < -0.39 is 6.17 Å². The summed E-state index contributed by atoms with van der Waals surface area (Å²) in [6.45, 7) is 5.16. The number of methoxy groups -OCH3 is 1. The fourth-order valence-electron chi connectivity index (χ4n) is 5.04. The first-order valence-electron chi connectivity index (χ1n) is 12.7. The Bertz CT molecular complexity index is 1140. The van der Waals surface area contributed by atoms with Gasteiger partial charge in [-0.05, 0) is 100 Å². The lowest BCUT2D eigenvalue weighted by Crippen LogP contribution is -2.42. The van der Waals surface area contributed by atoms with Crippen molar-refractivity contribution in [3.63, 3.8) is 0 Å². The average molecular weight is 531 g/mol. The number of piperidine rings is 1. The first-order chi connectivity index (χ1) is 17.4. The molecule has 4 nitrogen and oxygen atoms in total. The van der Waals surface area contributed by atoms with E-state index in [9.17, 15) is 5.11 Å². The maximum atomic E-state index is 15.6. The minimum atomic E-state index is -1.23. The van der Waals surface area contributed by atoms with Gasteiger partial charge in [0.05, 0.1) is 17.6 Å². The fourth-order valence-corrected chi connectivity index (χ4v) is 6.15. The SMILES string of the molecule is COc1ccc2ncc(Cl)c([C@@H](F)CCC3(CO)CCN(CCCSc4ccc(C)cc4)CC3)c2c1. The van der Waals surface area contributed by atoms with E-state index >= 15 is 4.39 Å². The lowest BCUT2D eigenvalue weighted by Gasteiger charge is -2.41. The molecule has 1 saturated heterocycles. The third-order valence-corrected chi connectivity index (χ3v) is 8.87. The van der Waals surface area contributed by atoms with E-state index in [1.807, 2.05) is 23.9 Å². The van der Waals surface area contributed by atoms with Crippen LogP contribution in [-0.2, 0) is 0 Å². The molecule has 1 aliphatic rings. The lowest BCUT2D eigenvalue weighted by molar-refractivity contribution is 0.0304. The first-order valence-corrected chi connectivity index (χ1v) is 14.1. The number of ether oxygens (including phenoxy) is 1. The predicted molar refractivity (Wildman–Crippen MR) is 148 cm³/mol. The number of likely N-dealkylation sites (tertiary alicyclic amines) is 1. The number of aliphatic hydroxyl groups excluding tert-OH is 1. The standard InChI is InChI=1S/C29H36ClFN2O2S/c1-21-4-7-23(8-5-21)36-17-3-14-33-15-12-29(20-34,13-16-33)11-10-26(31)28-24-18-22(35-2)6-9-27(24)32-19-25(28)30/h4-9,18-19,26,34H,3,10-17,20H2,1-2H3/t26-/m0/s1. The van der Waals surface area contributed by atoms with Crippen molar-refractivity contribution >= 4 is 34.3 Å². The van der Waals surface area contributed by atoms with Gasteiger partial charge in [0.2, 0.25) is 0 Å². The van der Waals surface area contributed by atoms with Gasteiger partial charge in [-0.1, -0.05) is 29.3 Å². The molecule has 0 unspecified atom stereocenters. The second kappa shape index (κ2) is 12.6. The quantitative estimate of drug-likeness (QED) is 0.209. The number of fused-ring (bicyclic) bond motifs is 1. The normalized spacial score (nSPS) is 16.8. The molecule has 4 rings (SSSR count). The number of aliphatic hydroxyl groups is 1. The highest BCUT2D eigenvalue weighted by Gasteiger charge is 2.35. The van der Waals surface area contributed by atoms with E-state index in [1.54, 1.807) is 13.2 Å². The third kappa shape index (κ3) is 6.71. The number of rotatable bonds is 11. The molecular formula is C29H36ClFN2O2S. The molecule has 36 heavy (non-hydrogen) atoms. The van der Waals surface area contributed by atoms with E-state index in [0.717, 1.165) is 44.6 Å². The number of aromatic nitrogens is 1. The maximum absolute atomic E-state index is 15.6. The molecule has 0 aliphatic carbocycles. The van der Waals surface area contributed by atoms with Crippen LogP contribution < -0.4 is 4.74 Å². The number of hydrogen-bond acceptors (Lipinski definition) is 5. The summed E-state index contributed by atoms with van der Waals surface area (Å²) in [5, 5.41) is 11.3. The largest absolute Gasteiger partial charge is 0.497 e. The van der Waals surface area contributed by atoms with Crippen molar-refractivity contribution in [2.45, 2.75) is 50.1 Å². The molecular weight excluding hydrogens is 495 g/mol. The number of aryl methyl sites for hydroxylation is 1. The Labute approximate surface area is 223 Å². The van der Waals surface area contributed by atoms with E-state index in [4.69, 9.17) is 16.3 Å². The second-order valence-corrected chi connectivity index (χ2v) is 11.5. The summed E-state index contributed by atoms with van der Waals surface area (Å²) >= 11 is 8.31. The van der Waals surface area contributed by atoms with Gasteiger partial charge in [0, 0.05) is 28.6 Å². The van der Waals surface area contributed by atoms with E-state index in [1.165, 1.54) is 16.7 Å². The summed E-state index contributed by atoms with van der Waals surface area (Å²) in [5.74, 6) is 1.75. The van der Waals surface area contributed by atoms with Crippen molar-refractivity contribution in [3.8, 4) is 5.75 Å². The number of benzene rings is 2. The van der Waals surface area contributed by atoms with Gasteiger partial charge in [-0.15, -0.1) is 11.8 Å².